The van der Waals surface area contributed by atoms with Crippen molar-refractivity contribution in [3.8, 4) is 5.75 Å². The van der Waals surface area contributed by atoms with Gasteiger partial charge in [-0.1, -0.05) is 24.3 Å². The average molecular weight is 411 g/mol. The molecular formula is C24H30N2O4. The molecule has 2 aromatic carbocycles. The van der Waals surface area contributed by atoms with Crippen molar-refractivity contribution in [1.82, 2.24) is 10.2 Å². The van der Waals surface area contributed by atoms with E-state index in [0.29, 0.717) is 32.0 Å². The molecular weight excluding hydrogens is 380 g/mol. The van der Waals surface area contributed by atoms with Gasteiger partial charge in [0.25, 0.3) is 0 Å². The number of nitrogens with zero attached hydrogens (tertiary/aromatic N) is 1. The second-order valence-corrected chi connectivity index (χ2v) is 7.95. The lowest BCUT2D eigenvalue weighted by atomic mass is 10.1. The predicted molar refractivity (Wildman–Crippen MR) is 116 cm³/mol. The molecule has 0 saturated heterocycles. The Morgan fingerprint density at radius 2 is 1.90 bits per heavy atom. The zero-order valence-electron chi connectivity index (χ0n) is 17.7. The van der Waals surface area contributed by atoms with E-state index in [9.17, 15) is 14.7 Å². The quantitative estimate of drug-likeness (QED) is 0.807. The fourth-order valence-corrected chi connectivity index (χ4v) is 3.59. The summed E-state index contributed by atoms with van der Waals surface area (Å²) in [6.07, 6.45) is 2.70. The molecule has 30 heavy (non-hydrogen) atoms. The van der Waals surface area contributed by atoms with Crippen LogP contribution in [0.1, 0.15) is 51.9 Å². The average Bonchev–Trinajstić information content (AvgIpc) is 2.71. The SMILES string of the molecule is Cc1ccc(CN2CC(=O)NCCCCCOc3cc(C(=O)O)ccc3C2)cc1C. The highest BCUT2D eigenvalue weighted by Crippen LogP contribution is 2.24. The standard InChI is InChI=1S/C24H30N2O4/c1-17-6-7-19(12-18(17)2)14-26-15-21-9-8-20(24(28)29)13-22(21)30-11-5-3-4-10-25-23(27)16-26/h6-9,12-13H,3-5,10-11,14-16H2,1-2H3,(H,25,27)(H,28,29). The number of carbonyl (C=O) groups is 2. The van der Waals surface area contributed by atoms with Crippen LogP contribution in [0, 0.1) is 13.8 Å². The van der Waals surface area contributed by atoms with Crippen molar-refractivity contribution >= 4 is 11.9 Å². The normalized spacial score (nSPS) is 16.3. The van der Waals surface area contributed by atoms with Gasteiger partial charge < -0.3 is 15.2 Å². The minimum atomic E-state index is -0.976. The lowest BCUT2D eigenvalue weighted by Crippen LogP contribution is -2.37. The highest BCUT2D eigenvalue weighted by molar-refractivity contribution is 5.88. The van der Waals surface area contributed by atoms with E-state index in [1.807, 2.05) is 0 Å². The second kappa shape index (κ2) is 10.3. The Kier molecular flexibility index (Phi) is 7.46. The molecule has 0 radical (unpaired) electrons. The van der Waals surface area contributed by atoms with E-state index in [1.165, 1.54) is 11.1 Å². The van der Waals surface area contributed by atoms with Crippen molar-refractivity contribution in [3.63, 3.8) is 0 Å². The number of amides is 1. The molecule has 6 heteroatoms. The summed E-state index contributed by atoms with van der Waals surface area (Å²) >= 11 is 0. The lowest BCUT2D eigenvalue weighted by Gasteiger charge is -2.24. The summed E-state index contributed by atoms with van der Waals surface area (Å²) in [7, 11) is 0. The van der Waals surface area contributed by atoms with Crippen molar-refractivity contribution < 1.29 is 19.4 Å². The van der Waals surface area contributed by atoms with Crippen LogP contribution in [-0.2, 0) is 17.9 Å². The van der Waals surface area contributed by atoms with E-state index in [1.54, 1.807) is 18.2 Å². The number of hydrogen-bond acceptors (Lipinski definition) is 4. The zero-order valence-corrected chi connectivity index (χ0v) is 17.7. The van der Waals surface area contributed by atoms with Crippen LogP contribution < -0.4 is 10.1 Å². The molecule has 0 fully saturated rings. The van der Waals surface area contributed by atoms with E-state index >= 15 is 0 Å². The van der Waals surface area contributed by atoms with Crippen LogP contribution in [-0.4, -0.2) is 41.6 Å². The second-order valence-electron chi connectivity index (χ2n) is 7.95. The Bertz CT molecular complexity index is 910. The zero-order chi connectivity index (χ0) is 21.5. The molecule has 1 aliphatic rings. The molecule has 1 aliphatic heterocycles. The summed E-state index contributed by atoms with van der Waals surface area (Å²) in [4.78, 5) is 26.0. The third-order valence-corrected chi connectivity index (χ3v) is 5.45. The molecule has 1 amide bonds. The Labute approximate surface area is 177 Å². The number of carbonyl (C=O) groups excluding carboxylic acids is 1. The van der Waals surface area contributed by atoms with Gasteiger partial charge in [-0.2, -0.15) is 0 Å². The topological polar surface area (TPSA) is 78.9 Å². The van der Waals surface area contributed by atoms with Crippen LogP contribution in [0.5, 0.6) is 5.75 Å². The van der Waals surface area contributed by atoms with E-state index in [0.717, 1.165) is 30.4 Å². The van der Waals surface area contributed by atoms with Gasteiger partial charge in [0, 0.05) is 25.2 Å². The molecule has 0 unspecified atom stereocenters. The largest absolute Gasteiger partial charge is 0.493 e. The van der Waals surface area contributed by atoms with Gasteiger partial charge in [-0.3, -0.25) is 9.69 Å². The molecule has 1 heterocycles. The van der Waals surface area contributed by atoms with Crippen LogP contribution in [0.25, 0.3) is 0 Å². The first-order valence-electron chi connectivity index (χ1n) is 10.5. The molecule has 0 bridgehead atoms. The van der Waals surface area contributed by atoms with Crippen LogP contribution in [0.3, 0.4) is 0 Å². The van der Waals surface area contributed by atoms with Crippen molar-refractivity contribution in [2.24, 2.45) is 0 Å². The van der Waals surface area contributed by atoms with Gasteiger partial charge >= 0.3 is 5.97 Å². The maximum Gasteiger partial charge on any atom is 0.335 e. The van der Waals surface area contributed by atoms with Crippen LogP contribution in [0.2, 0.25) is 0 Å². The van der Waals surface area contributed by atoms with E-state index < -0.39 is 5.97 Å². The summed E-state index contributed by atoms with van der Waals surface area (Å²) in [6, 6.07) is 11.3. The summed E-state index contributed by atoms with van der Waals surface area (Å²) in [5.74, 6) is -0.391. The third kappa shape index (κ3) is 6.07. The van der Waals surface area contributed by atoms with Gasteiger partial charge in [0.2, 0.25) is 5.91 Å². The first kappa shape index (κ1) is 21.8. The number of fused-ring (bicyclic) bond motifs is 1. The third-order valence-electron chi connectivity index (χ3n) is 5.45. The minimum absolute atomic E-state index is 0.00250. The van der Waals surface area contributed by atoms with Crippen molar-refractivity contribution in [1.29, 1.82) is 0 Å². The lowest BCUT2D eigenvalue weighted by molar-refractivity contribution is -0.122. The van der Waals surface area contributed by atoms with Gasteiger partial charge in [0.1, 0.15) is 5.75 Å². The van der Waals surface area contributed by atoms with Crippen LogP contribution in [0.15, 0.2) is 36.4 Å². The van der Waals surface area contributed by atoms with Crippen molar-refractivity contribution in [2.75, 3.05) is 19.7 Å². The summed E-state index contributed by atoms with van der Waals surface area (Å²) in [5, 5.41) is 12.3. The van der Waals surface area contributed by atoms with Crippen molar-refractivity contribution in [3.05, 3.63) is 64.2 Å². The van der Waals surface area contributed by atoms with E-state index in [-0.39, 0.29) is 18.0 Å². The maximum atomic E-state index is 12.5. The molecule has 3 rings (SSSR count). The Balaban J connectivity index is 1.89. The first-order valence-corrected chi connectivity index (χ1v) is 10.5. The Morgan fingerprint density at radius 3 is 2.67 bits per heavy atom. The Hall–Kier alpha value is -2.86. The molecule has 0 aromatic heterocycles. The highest BCUT2D eigenvalue weighted by Gasteiger charge is 2.17. The molecule has 2 aromatic rings. The highest BCUT2D eigenvalue weighted by atomic mass is 16.5. The minimum Gasteiger partial charge on any atom is -0.493 e. The van der Waals surface area contributed by atoms with Gasteiger partial charge in [0.05, 0.1) is 18.7 Å². The molecule has 0 atom stereocenters. The predicted octanol–water partition coefficient (Wildman–Crippen LogP) is 3.68. The number of benzene rings is 2. The number of aryl methyl sites for hydroxylation is 2. The van der Waals surface area contributed by atoms with Crippen molar-refractivity contribution in [2.45, 2.75) is 46.2 Å². The molecule has 0 spiro atoms. The number of hydrogen-bond donors (Lipinski definition) is 2. The van der Waals surface area contributed by atoms with Gasteiger partial charge in [-0.05, 0) is 61.9 Å². The number of aromatic carboxylic acids is 1. The molecule has 0 aliphatic carbocycles. The summed E-state index contributed by atoms with van der Waals surface area (Å²) in [6.45, 7) is 6.74. The smallest absolute Gasteiger partial charge is 0.335 e. The molecule has 2 N–H and O–H groups in total. The maximum absolute atomic E-state index is 12.5. The van der Waals surface area contributed by atoms with Gasteiger partial charge in [-0.25, -0.2) is 4.79 Å². The number of carboxylic acids is 1. The number of ether oxygens (including phenoxy) is 1. The number of nitrogens with one attached hydrogen (secondary N) is 1. The van der Waals surface area contributed by atoms with E-state index in [4.69, 9.17) is 4.74 Å². The van der Waals surface area contributed by atoms with Crippen LogP contribution in [0.4, 0.5) is 0 Å². The summed E-state index contributed by atoms with van der Waals surface area (Å²) < 4.78 is 5.96. The Morgan fingerprint density at radius 1 is 1.07 bits per heavy atom. The van der Waals surface area contributed by atoms with Gasteiger partial charge in [-0.15, -0.1) is 0 Å². The monoisotopic (exact) mass is 410 g/mol. The van der Waals surface area contributed by atoms with Crippen LogP contribution >= 0.6 is 0 Å². The number of carboxylic acid groups (broad SMARTS) is 1. The molecule has 6 nitrogen and oxygen atoms in total. The fraction of sp³-hybridized carbons (Fsp3) is 0.417. The fourth-order valence-electron chi connectivity index (χ4n) is 3.59. The molecule has 160 valence electrons. The molecule has 0 saturated carbocycles. The van der Waals surface area contributed by atoms with Gasteiger partial charge in [0.15, 0.2) is 0 Å². The summed E-state index contributed by atoms with van der Waals surface area (Å²) in [5.41, 5.74) is 4.69. The first-order chi connectivity index (χ1) is 14.4. The van der Waals surface area contributed by atoms with E-state index in [2.05, 4.69) is 42.3 Å². The number of rotatable bonds is 3.